The topological polar surface area (TPSA) is 169 Å². The highest BCUT2D eigenvalue weighted by atomic mass is 31.2. The summed E-state index contributed by atoms with van der Waals surface area (Å²) in [6.07, 6.45) is 64.9. The predicted molar refractivity (Wildman–Crippen MR) is 272 cm³/mol. The van der Waals surface area contributed by atoms with Crippen LogP contribution in [-0.4, -0.2) is 64.9 Å². The first-order valence-electron chi connectivity index (χ1n) is 24.2. The number of aliphatic hydroxyl groups excluding tert-OH is 1. The summed E-state index contributed by atoms with van der Waals surface area (Å²) in [6.45, 7) is 2.32. The van der Waals surface area contributed by atoms with Crippen molar-refractivity contribution in [3.05, 3.63) is 134 Å². The molecule has 0 saturated heterocycles. The number of carboxylic acid groups (broad SMARTS) is 1. The van der Waals surface area contributed by atoms with E-state index in [1.54, 1.807) is 6.08 Å². The van der Waals surface area contributed by atoms with Gasteiger partial charge in [-0.2, -0.15) is 0 Å². The van der Waals surface area contributed by atoms with Gasteiger partial charge in [-0.15, -0.1) is 0 Å². The normalized spacial score (nSPS) is 14.7. The fourth-order valence-corrected chi connectivity index (χ4v) is 6.51. The number of ether oxygens (including phenoxy) is 1. The van der Waals surface area contributed by atoms with E-state index in [-0.39, 0.29) is 12.8 Å². The second-order valence-electron chi connectivity index (χ2n) is 15.6. The number of rotatable bonds is 43. The lowest BCUT2D eigenvalue weighted by Crippen LogP contribution is -2.43. The quantitative estimate of drug-likeness (QED) is 0.0200. The highest BCUT2D eigenvalue weighted by molar-refractivity contribution is 7.47. The van der Waals surface area contributed by atoms with Gasteiger partial charge in [-0.05, 0) is 96.3 Å². The highest BCUT2D eigenvalue weighted by Gasteiger charge is 2.28. The molecule has 370 valence electrons. The minimum atomic E-state index is -4.80. The molecule has 0 saturated carbocycles. The van der Waals surface area contributed by atoms with Crippen LogP contribution >= 0.6 is 7.82 Å². The van der Waals surface area contributed by atoms with Crippen LogP contribution in [0.2, 0.25) is 0 Å². The Morgan fingerprint density at radius 3 is 1.36 bits per heavy atom. The maximum absolute atomic E-state index is 12.4. The summed E-state index contributed by atoms with van der Waals surface area (Å²) in [5.41, 5.74) is 0. The van der Waals surface area contributed by atoms with E-state index in [1.165, 1.54) is 25.7 Å². The number of nitrogens with one attached hydrogen (secondary N) is 1. The summed E-state index contributed by atoms with van der Waals surface area (Å²) in [4.78, 5) is 46.0. The molecule has 0 aliphatic heterocycles. The number of carboxylic acids is 1. The van der Waals surface area contributed by atoms with E-state index in [4.69, 9.17) is 13.8 Å². The van der Waals surface area contributed by atoms with E-state index in [1.807, 2.05) is 18.2 Å². The van der Waals surface area contributed by atoms with Crippen molar-refractivity contribution >= 4 is 25.7 Å². The smallest absolute Gasteiger partial charge is 0.472 e. The van der Waals surface area contributed by atoms with Crippen LogP contribution in [0.4, 0.5) is 0 Å². The number of carbonyl (C=O) groups excluding carboxylic acids is 2. The number of unbranched alkanes of at least 4 members (excludes halogenated alkanes) is 8. The zero-order valence-corrected chi connectivity index (χ0v) is 41.1. The molecule has 0 aromatic rings. The van der Waals surface area contributed by atoms with Gasteiger partial charge >= 0.3 is 19.8 Å². The van der Waals surface area contributed by atoms with E-state index >= 15 is 0 Å². The fraction of sp³-hybridized carbons (Fsp3) is 0.537. The van der Waals surface area contributed by atoms with Gasteiger partial charge in [0.2, 0.25) is 5.91 Å². The Labute approximate surface area is 398 Å². The Kier molecular flexibility index (Phi) is 44.0. The third kappa shape index (κ3) is 46.2. The zero-order valence-electron chi connectivity index (χ0n) is 40.2. The number of hydrogen-bond acceptors (Lipinski definition) is 8. The molecule has 1 amide bonds. The summed E-state index contributed by atoms with van der Waals surface area (Å²) < 4.78 is 26.8. The van der Waals surface area contributed by atoms with Crippen LogP contribution in [0.25, 0.3) is 0 Å². The van der Waals surface area contributed by atoms with Crippen molar-refractivity contribution in [1.29, 1.82) is 0 Å². The molecule has 3 unspecified atom stereocenters. The van der Waals surface area contributed by atoms with Crippen LogP contribution < -0.4 is 5.32 Å². The lowest BCUT2D eigenvalue weighted by molar-refractivity contribution is -0.146. The summed E-state index contributed by atoms with van der Waals surface area (Å²) in [5, 5.41) is 21.9. The van der Waals surface area contributed by atoms with E-state index in [0.29, 0.717) is 12.8 Å². The first-order chi connectivity index (χ1) is 32.1. The Morgan fingerprint density at radius 1 is 0.515 bits per heavy atom. The molecule has 3 atom stereocenters. The Hall–Kier alpha value is -4.38. The van der Waals surface area contributed by atoms with Gasteiger partial charge in [0.25, 0.3) is 0 Å². The number of aliphatic hydroxyl groups is 1. The van der Waals surface area contributed by atoms with Crippen LogP contribution in [0.3, 0.4) is 0 Å². The number of esters is 1. The number of carbonyl (C=O) groups is 3. The molecular formula is C54H84NO10P. The first kappa shape index (κ1) is 61.6. The fourth-order valence-electron chi connectivity index (χ4n) is 5.73. The number of amides is 1. The van der Waals surface area contributed by atoms with Gasteiger partial charge in [0.15, 0.2) is 6.04 Å². The van der Waals surface area contributed by atoms with Crippen molar-refractivity contribution in [1.82, 2.24) is 5.32 Å². The van der Waals surface area contributed by atoms with Crippen molar-refractivity contribution in [3.8, 4) is 0 Å². The first-order valence-corrected chi connectivity index (χ1v) is 25.7. The molecule has 11 nitrogen and oxygen atoms in total. The van der Waals surface area contributed by atoms with Gasteiger partial charge < -0.3 is 25.2 Å². The van der Waals surface area contributed by atoms with Gasteiger partial charge in [-0.1, -0.05) is 180 Å². The minimum absolute atomic E-state index is 0.0204. The van der Waals surface area contributed by atoms with E-state index in [2.05, 4.69) is 129 Å². The van der Waals surface area contributed by atoms with E-state index in [9.17, 15) is 34.1 Å². The van der Waals surface area contributed by atoms with E-state index < -0.39 is 57.6 Å². The number of phosphoric ester groups is 1. The number of phosphoric acid groups is 1. The average molecular weight is 938 g/mol. The van der Waals surface area contributed by atoms with Crippen molar-refractivity contribution < 1.29 is 47.8 Å². The van der Waals surface area contributed by atoms with Crippen LogP contribution in [0, 0.1) is 0 Å². The third-order valence-electron chi connectivity index (χ3n) is 9.46. The van der Waals surface area contributed by atoms with Gasteiger partial charge in [0, 0.05) is 6.42 Å². The van der Waals surface area contributed by atoms with Crippen molar-refractivity contribution in [2.75, 3.05) is 19.8 Å². The van der Waals surface area contributed by atoms with Gasteiger partial charge in [0.1, 0.15) is 12.7 Å². The molecule has 66 heavy (non-hydrogen) atoms. The number of allylic oxidation sites excluding steroid dienone is 21. The van der Waals surface area contributed by atoms with Crippen molar-refractivity contribution in [2.24, 2.45) is 0 Å². The van der Waals surface area contributed by atoms with Crippen LogP contribution in [-0.2, 0) is 32.7 Å². The standard InChI is InChI=1S/C54H84NO10P/c1-3-5-7-9-11-13-15-17-19-21-23-25-27-29-31-33-35-37-39-41-43-45-52(57)55-51(54(59)60)49-65-66(61,62)64-48-50(56)47-63-53(58)46-44-42-40-38-36-34-32-30-28-26-24-22-20-18-16-14-12-10-8-6-4-2/h6,8,11-14,17-20,23-26,29-32,36,38,42,44,50-51,56H,3-5,7,9-10,15-16,21-22,27-28,33-35,37,39-41,43,45-49H2,1-2H3,(H,55,57)(H,59,60)(H,61,62)/b8-6-,13-11-,14-12-,19-17-,20-18-,25-23-,26-24-,31-29-,32-30-,38-36-,44-42-. The second kappa shape index (κ2) is 47.1. The summed E-state index contributed by atoms with van der Waals surface area (Å²) in [6, 6.07) is -1.58. The Balaban J connectivity index is 4.04. The SMILES string of the molecule is CC/C=C\C/C=C\C/C=C\C/C=C\C/C=C\C/C=C\C/C=C\CC(=O)OCC(O)COP(=O)(O)OCC(NC(=O)CCCCCCC/C=C\C/C=C\C/C=C\C/C=C\CCCCC)C(=O)O. The minimum Gasteiger partial charge on any atom is -0.480 e. The van der Waals surface area contributed by atoms with Gasteiger partial charge in [-0.25, -0.2) is 9.36 Å². The molecule has 0 aromatic heterocycles. The second-order valence-corrected chi connectivity index (χ2v) is 17.0. The molecule has 0 fully saturated rings. The molecular weight excluding hydrogens is 854 g/mol. The van der Waals surface area contributed by atoms with Gasteiger partial charge in [-0.3, -0.25) is 18.6 Å². The van der Waals surface area contributed by atoms with Crippen LogP contribution in [0.15, 0.2) is 134 Å². The van der Waals surface area contributed by atoms with Crippen molar-refractivity contribution in [2.45, 2.75) is 167 Å². The largest absolute Gasteiger partial charge is 0.480 e. The number of hydrogen-bond donors (Lipinski definition) is 4. The highest BCUT2D eigenvalue weighted by Crippen LogP contribution is 2.43. The van der Waals surface area contributed by atoms with Gasteiger partial charge in [0.05, 0.1) is 19.6 Å². The molecule has 0 radical (unpaired) electrons. The molecule has 12 heteroatoms. The molecule has 0 aliphatic rings. The molecule has 0 spiro atoms. The summed E-state index contributed by atoms with van der Waals surface area (Å²) in [5.74, 6) is -2.56. The Bertz CT molecular complexity index is 1620. The number of aliphatic carboxylic acids is 1. The van der Waals surface area contributed by atoms with Crippen LogP contribution in [0.1, 0.15) is 155 Å². The molecule has 0 rings (SSSR count). The predicted octanol–water partition coefficient (Wildman–Crippen LogP) is 13.3. The lowest BCUT2D eigenvalue weighted by atomic mass is 10.1. The monoisotopic (exact) mass is 938 g/mol. The maximum Gasteiger partial charge on any atom is 0.472 e. The molecule has 0 aromatic carbocycles. The summed E-state index contributed by atoms with van der Waals surface area (Å²) in [7, 11) is -4.80. The molecule has 0 bridgehead atoms. The molecule has 4 N–H and O–H groups in total. The zero-order chi connectivity index (χ0) is 48.4. The maximum atomic E-state index is 12.4. The summed E-state index contributed by atoms with van der Waals surface area (Å²) >= 11 is 0. The average Bonchev–Trinajstić information content (AvgIpc) is 3.29. The molecule has 0 heterocycles. The third-order valence-corrected chi connectivity index (χ3v) is 10.4. The molecule has 0 aliphatic carbocycles. The van der Waals surface area contributed by atoms with E-state index in [0.717, 1.165) is 89.9 Å². The van der Waals surface area contributed by atoms with Crippen molar-refractivity contribution in [3.63, 3.8) is 0 Å². The van der Waals surface area contributed by atoms with Crippen LogP contribution in [0.5, 0.6) is 0 Å². The lowest BCUT2D eigenvalue weighted by Gasteiger charge is -2.18. The Morgan fingerprint density at radius 2 is 0.909 bits per heavy atom.